The van der Waals surface area contributed by atoms with Crippen LogP contribution in [0, 0.1) is 17.8 Å². The largest absolute Gasteiger partial charge is 0.394 e. The summed E-state index contributed by atoms with van der Waals surface area (Å²) >= 11 is 0. The van der Waals surface area contributed by atoms with Gasteiger partial charge in [-0.15, -0.1) is 0 Å². The first-order valence-electron chi connectivity index (χ1n) is 16.6. The quantitative estimate of drug-likeness (QED) is 0.0459. The molecular formula is C31H59N9O9. The van der Waals surface area contributed by atoms with E-state index in [4.69, 9.17) is 17.2 Å². The van der Waals surface area contributed by atoms with Gasteiger partial charge in [0.15, 0.2) is 0 Å². The predicted octanol–water partition coefficient (Wildman–Crippen LogP) is -3.80. The number of hydrogen-bond donors (Lipinski definition) is 11. The van der Waals surface area contributed by atoms with Crippen LogP contribution in [0.5, 0.6) is 0 Å². The Morgan fingerprint density at radius 3 is 1.51 bits per heavy atom. The molecule has 0 aromatic rings. The lowest BCUT2D eigenvalue weighted by molar-refractivity contribution is -0.136. The van der Waals surface area contributed by atoms with Crippen molar-refractivity contribution in [3.8, 4) is 0 Å². The molecule has 8 atom stereocenters. The molecule has 0 aliphatic heterocycles. The second-order valence-corrected chi connectivity index (χ2v) is 12.8. The van der Waals surface area contributed by atoms with Crippen LogP contribution in [0.2, 0.25) is 0 Å². The Hall–Kier alpha value is -3.87. The zero-order valence-corrected chi connectivity index (χ0v) is 29.7. The lowest BCUT2D eigenvalue weighted by Gasteiger charge is -2.29. The van der Waals surface area contributed by atoms with Gasteiger partial charge >= 0.3 is 0 Å². The van der Waals surface area contributed by atoms with E-state index in [1.54, 1.807) is 34.6 Å². The summed E-state index contributed by atoms with van der Waals surface area (Å²) < 4.78 is 0. The second kappa shape index (κ2) is 22.7. The molecule has 0 aromatic carbocycles. The monoisotopic (exact) mass is 701 g/mol. The van der Waals surface area contributed by atoms with E-state index in [9.17, 15) is 43.8 Å². The van der Waals surface area contributed by atoms with Crippen molar-refractivity contribution in [1.82, 2.24) is 31.9 Å². The lowest BCUT2D eigenvalue weighted by atomic mass is 9.96. The van der Waals surface area contributed by atoms with Gasteiger partial charge in [0, 0.05) is 0 Å². The van der Waals surface area contributed by atoms with Crippen molar-refractivity contribution in [1.29, 1.82) is 0 Å². The van der Waals surface area contributed by atoms with Crippen molar-refractivity contribution >= 4 is 41.4 Å². The zero-order valence-electron chi connectivity index (χ0n) is 29.7. The number of carbonyl (C=O) groups is 7. The normalized spacial score (nSPS) is 16.2. The molecule has 18 nitrogen and oxygen atoms in total. The Bertz CT molecular complexity index is 1120. The van der Waals surface area contributed by atoms with E-state index in [1.165, 1.54) is 6.92 Å². The van der Waals surface area contributed by atoms with Crippen LogP contribution < -0.4 is 49.1 Å². The lowest BCUT2D eigenvalue weighted by Crippen LogP contribution is -2.61. The van der Waals surface area contributed by atoms with Gasteiger partial charge < -0.3 is 59.3 Å². The second-order valence-electron chi connectivity index (χ2n) is 12.8. The maximum absolute atomic E-state index is 13.6. The zero-order chi connectivity index (χ0) is 38.0. The number of unbranched alkanes of at least 4 members (excludes halogenated alkanes) is 1. The molecule has 0 spiro atoms. The Kier molecular flexibility index (Phi) is 20.9. The van der Waals surface area contributed by atoms with Crippen LogP contribution in [0.15, 0.2) is 0 Å². The highest BCUT2D eigenvalue weighted by atomic mass is 16.3. The molecule has 0 radical (unpaired) electrons. The Balaban J connectivity index is 5.87. The molecule has 0 heterocycles. The Morgan fingerprint density at radius 1 is 0.592 bits per heavy atom. The first kappa shape index (κ1) is 45.1. The molecule has 282 valence electrons. The molecule has 14 N–H and O–H groups in total. The van der Waals surface area contributed by atoms with Crippen LogP contribution >= 0.6 is 0 Å². The number of aliphatic hydroxyl groups is 2. The Morgan fingerprint density at radius 2 is 1.06 bits per heavy atom. The molecule has 0 bridgehead atoms. The fourth-order valence-electron chi connectivity index (χ4n) is 4.51. The van der Waals surface area contributed by atoms with Crippen LogP contribution in [0.25, 0.3) is 0 Å². The summed E-state index contributed by atoms with van der Waals surface area (Å²) in [6, 6.07) is -8.23. The van der Waals surface area contributed by atoms with Gasteiger partial charge in [-0.1, -0.05) is 48.0 Å². The van der Waals surface area contributed by atoms with Crippen molar-refractivity contribution in [2.45, 2.75) is 116 Å². The molecule has 18 heteroatoms. The molecule has 7 amide bonds. The maximum atomic E-state index is 13.6. The highest BCUT2D eigenvalue weighted by Crippen LogP contribution is 2.11. The predicted molar refractivity (Wildman–Crippen MR) is 181 cm³/mol. The maximum Gasteiger partial charge on any atom is 0.243 e. The van der Waals surface area contributed by atoms with Crippen molar-refractivity contribution in [3.63, 3.8) is 0 Å². The first-order chi connectivity index (χ1) is 22.9. The van der Waals surface area contributed by atoms with E-state index in [0.717, 1.165) is 0 Å². The number of nitrogens with one attached hydrogen (secondary N) is 6. The van der Waals surface area contributed by atoms with Crippen molar-refractivity contribution in [2.75, 3.05) is 19.8 Å². The summed E-state index contributed by atoms with van der Waals surface area (Å²) in [6.07, 6.45) is 1.68. The van der Waals surface area contributed by atoms with Crippen molar-refractivity contribution < 1.29 is 43.8 Å². The van der Waals surface area contributed by atoms with Gasteiger partial charge in [0.1, 0.15) is 42.3 Å². The van der Waals surface area contributed by atoms with E-state index in [0.29, 0.717) is 25.8 Å². The van der Waals surface area contributed by atoms with Crippen LogP contribution in [0.3, 0.4) is 0 Å². The summed E-state index contributed by atoms with van der Waals surface area (Å²) in [5.41, 5.74) is 16.4. The third-order valence-corrected chi connectivity index (χ3v) is 7.99. The van der Waals surface area contributed by atoms with Crippen LogP contribution in [-0.2, 0) is 33.6 Å². The fourth-order valence-corrected chi connectivity index (χ4v) is 4.51. The van der Waals surface area contributed by atoms with Crippen molar-refractivity contribution in [2.24, 2.45) is 35.0 Å². The highest BCUT2D eigenvalue weighted by Gasteiger charge is 2.34. The van der Waals surface area contributed by atoms with E-state index < -0.39 is 109 Å². The third-order valence-electron chi connectivity index (χ3n) is 7.99. The molecule has 0 fully saturated rings. The molecule has 0 saturated heterocycles. The van der Waals surface area contributed by atoms with Crippen molar-refractivity contribution in [3.05, 3.63) is 0 Å². The molecule has 0 aromatic heterocycles. The fraction of sp³-hybridized carbons (Fsp3) is 0.774. The minimum Gasteiger partial charge on any atom is -0.394 e. The molecule has 0 saturated carbocycles. The van der Waals surface area contributed by atoms with Crippen LogP contribution in [-0.4, -0.2) is 114 Å². The Labute approximate surface area is 288 Å². The summed E-state index contributed by atoms with van der Waals surface area (Å²) in [6.45, 7) is 10.5. The molecule has 0 rings (SSSR count). The van der Waals surface area contributed by atoms with E-state index in [-0.39, 0.29) is 12.3 Å². The van der Waals surface area contributed by atoms with Gasteiger partial charge in [-0.05, 0) is 50.5 Å². The third kappa shape index (κ3) is 15.5. The summed E-state index contributed by atoms with van der Waals surface area (Å²) in [4.78, 5) is 89.9. The van der Waals surface area contributed by atoms with Gasteiger partial charge in [-0.2, -0.15) is 0 Å². The summed E-state index contributed by atoms with van der Waals surface area (Å²) in [5.74, 6) is -6.50. The van der Waals surface area contributed by atoms with Gasteiger partial charge in [0.25, 0.3) is 0 Å². The van der Waals surface area contributed by atoms with Gasteiger partial charge in [-0.3, -0.25) is 33.6 Å². The SMILES string of the molecule is CC[C@H](C)[C@H](NC(=O)[C@@H](N)CO)C(=O)N[C@@H](CCCCN)C(=O)N[C@H](C(=O)N[C@@H](C)C(=O)N[C@H](C(=O)N[C@@H](CO)C(N)=O)C(C)C)C(C)C. The molecule has 0 aliphatic rings. The van der Waals surface area contributed by atoms with Gasteiger partial charge in [0.05, 0.1) is 13.2 Å². The number of rotatable bonds is 23. The average molecular weight is 702 g/mol. The average Bonchev–Trinajstić information content (AvgIpc) is 3.04. The molecular weight excluding hydrogens is 642 g/mol. The number of nitrogens with two attached hydrogens (primary N) is 3. The van der Waals surface area contributed by atoms with Gasteiger partial charge in [-0.25, -0.2) is 0 Å². The van der Waals surface area contributed by atoms with Crippen LogP contribution in [0.1, 0.15) is 74.1 Å². The van der Waals surface area contributed by atoms with E-state index >= 15 is 0 Å². The number of hydrogen-bond acceptors (Lipinski definition) is 11. The number of primary amides is 1. The smallest absolute Gasteiger partial charge is 0.243 e. The van der Waals surface area contributed by atoms with E-state index in [1.807, 2.05) is 6.92 Å². The molecule has 0 unspecified atom stereocenters. The highest BCUT2D eigenvalue weighted by molar-refractivity contribution is 5.97. The minimum atomic E-state index is -1.36. The molecule has 49 heavy (non-hydrogen) atoms. The standard InChI is InChI=1S/C31H59N9O9/c1-8-17(6)24(40-27(45)19(33)13-41)31(49)36-20(11-9-10-12-32)28(46)39-22(15(2)3)29(47)35-18(7)26(44)38-23(16(4)5)30(48)37-21(14-42)25(34)43/h15-24,41-42H,8-14,32-33H2,1-7H3,(H2,34,43)(H,35,47)(H,36,49)(H,37,48)(H,38,44)(H,39,46)(H,40,45)/t17-,18-,19-,20-,21-,22-,23-,24-/m0/s1. The summed E-state index contributed by atoms with van der Waals surface area (Å²) in [7, 11) is 0. The number of amides is 7. The molecule has 0 aliphatic carbocycles. The van der Waals surface area contributed by atoms with Crippen LogP contribution in [0.4, 0.5) is 0 Å². The first-order valence-corrected chi connectivity index (χ1v) is 16.6. The summed E-state index contributed by atoms with van der Waals surface area (Å²) in [5, 5.41) is 33.8. The van der Waals surface area contributed by atoms with Gasteiger partial charge in [0.2, 0.25) is 41.4 Å². The van der Waals surface area contributed by atoms with E-state index in [2.05, 4.69) is 31.9 Å². The number of aliphatic hydroxyl groups excluding tert-OH is 2. The topological polar surface area (TPSA) is 310 Å². The number of carbonyl (C=O) groups excluding carboxylic acids is 7. The minimum absolute atomic E-state index is 0.170.